The lowest BCUT2D eigenvalue weighted by Gasteiger charge is -2.23. The van der Waals surface area contributed by atoms with Crippen LogP contribution in [-0.4, -0.2) is 65.5 Å². The van der Waals surface area contributed by atoms with Gasteiger partial charge in [-0.05, 0) is 6.42 Å². The van der Waals surface area contributed by atoms with E-state index in [-0.39, 0.29) is 18.1 Å². The summed E-state index contributed by atoms with van der Waals surface area (Å²) < 4.78 is 22.7. The van der Waals surface area contributed by atoms with E-state index in [4.69, 9.17) is 27.2 Å². The Morgan fingerprint density at radius 1 is 1.28 bits per heavy atom. The lowest BCUT2D eigenvalue weighted by molar-refractivity contribution is 0.282. The zero-order chi connectivity index (χ0) is 27.7. The van der Waals surface area contributed by atoms with E-state index < -0.39 is 0 Å². The summed E-state index contributed by atoms with van der Waals surface area (Å²) in [5.74, 6) is 1.78. The molecule has 0 aromatic carbocycles. The largest absolute Gasteiger partial charge is 0.450 e. The normalized spacial score (nSPS) is 16.8. The van der Waals surface area contributed by atoms with Crippen molar-refractivity contribution in [2.45, 2.75) is 38.6 Å². The number of ether oxygens (including phenoxy) is 1. The minimum atomic E-state index is -0.342. The Kier molecular flexibility index (Phi) is 7.41. The number of anilines is 2. The molecule has 0 radical (unpaired) electrons. The number of aryl methyl sites for hydroxylation is 1. The number of alkyl halides is 1. The molecule has 0 saturated carbocycles. The molecule has 0 aliphatic carbocycles. The van der Waals surface area contributed by atoms with E-state index in [9.17, 15) is 4.39 Å². The Morgan fingerprint density at radius 2 is 2.10 bits per heavy atom. The van der Waals surface area contributed by atoms with E-state index in [1.807, 2.05) is 13.1 Å². The maximum Gasteiger partial charge on any atom is 0.210 e. The van der Waals surface area contributed by atoms with E-state index in [1.165, 1.54) is 12.4 Å². The van der Waals surface area contributed by atoms with Crippen molar-refractivity contribution in [1.29, 1.82) is 0 Å². The van der Waals surface area contributed by atoms with Crippen molar-refractivity contribution in [3.8, 4) is 5.75 Å². The van der Waals surface area contributed by atoms with Crippen LogP contribution in [0.3, 0.4) is 0 Å². The molecule has 3 N–H and O–H groups in total. The first-order valence-electron chi connectivity index (χ1n) is 12.7. The van der Waals surface area contributed by atoms with Crippen LogP contribution in [0.15, 0.2) is 37.1 Å². The lowest BCUT2D eigenvalue weighted by Crippen LogP contribution is -2.26. The SMILES string of the molecule is Cn1c(Nc2cc(C(C)(C)C)n([C@H]3CCN(CCF)C3)n2)nc2ncc(OC(=CN)c3cnccn3)c(Cl)c21. The summed E-state index contributed by atoms with van der Waals surface area (Å²) in [6, 6.07) is 2.22. The van der Waals surface area contributed by atoms with Crippen molar-refractivity contribution in [1.82, 2.24) is 39.2 Å². The van der Waals surface area contributed by atoms with Gasteiger partial charge in [0.1, 0.15) is 22.9 Å². The fourth-order valence-corrected chi connectivity index (χ4v) is 5.05. The highest BCUT2D eigenvalue weighted by molar-refractivity contribution is 6.36. The van der Waals surface area contributed by atoms with Gasteiger partial charge in [-0.15, -0.1) is 0 Å². The summed E-state index contributed by atoms with van der Waals surface area (Å²) in [6.07, 6.45) is 8.36. The summed E-state index contributed by atoms with van der Waals surface area (Å²) in [5.41, 5.74) is 8.22. The first-order valence-corrected chi connectivity index (χ1v) is 13.1. The van der Waals surface area contributed by atoms with Gasteiger partial charge < -0.3 is 20.4 Å². The van der Waals surface area contributed by atoms with Crippen LogP contribution in [0.5, 0.6) is 5.75 Å². The van der Waals surface area contributed by atoms with Crippen molar-refractivity contribution >= 4 is 40.3 Å². The summed E-state index contributed by atoms with van der Waals surface area (Å²) in [6.45, 7) is 8.21. The van der Waals surface area contributed by atoms with Crippen LogP contribution in [0.25, 0.3) is 16.9 Å². The number of hydrogen-bond acceptors (Lipinski definition) is 9. The predicted octanol–water partition coefficient (Wildman–Crippen LogP) is 4.20. The number of nitrogens with zero attached hydrogens (tertiary/aromatic N) is 8. The Morgan fingerprint density at radius 3 is 2.79 bits per heavy atom. The number of rotatable bonds is 8. The van der Waals surface area contributed by atoms with Gasteiger partial charge in [0.2, 0.25) is 5.95 Å². The van der Waals surface area contributed by atoms with Crippen LogP contribution in [0.4, 0.5) is 16.2 Å². The average Bonchev–Trinajstić information content (AvgIpc) is 3.62. The maximum atomic E-state index is 12.9. The van der Waals surface area contributed by atoms with Crippen molar-refractivity contribution in [3.05, 3.63) is 53.5 Å². The smallest absolute Gasteiger partial charge is 0.210 e. The molecule has 0 bridgehead atoms. The Labute approximate surface area is 230 Å². The van der Waals surface area contributed by atoms with Crippen LogP contribution in [0, 0.1) is 0 Å². The number of pyridine rings is 1. The predicted molar refractivity (Wildman–Crippen MR) is 149 cm³/mol. The first-order chi connectivity index (χ1) is 18.7. The number of nitrogens with one attached hydrogen (secondary N) is 1. The zero-order valence-corrected chi connectivity index (χ0v) is 23.2. The molecule has 1 fully saturated rings. The van der Waals surface area contributed by atoms with Gasteiger partial charge in [-0.1, -0.05) is 32.4 Å². The molecule has 0 spiro atoms. The number of aromatic nitrogens is 7. The second-order valence-electron chi connectivity index (χ2n) is 10.5. The van der Waals surface area contributed by atoms with Crippen LogP contribution in [-0.2, 0) is 12.5 Å². The average molecular weight is 555 g/mol. The molecule has 1 aliphatic heterocycles. The summed E-state index contributed by atoms with van der Waals surface area (Å²) in [4.78, 5) is 19.5. The Balaban J connectivity index is 1.44. The molecule has 13 heteroatoms. The van der Waals surface area contributed by atoms with Crippen molar-refractivity contribution in [3.63, 3.8) is 0 Å². The maximum absolute atomic E-state index is 12.9. The molecule has 11 nitrogen and oxygen atoms in total. The van der Waals surface area contributed by atoms with Gasteiger partial charge in [-0.25, -0.2) is 14.4 Å². The second kappa shape index (κ2) is 10.8. The fourth-order valence-electron chi connectivity index (χ4n) is 4.76. The number of fused-ring (bicyclic) bond motifs is 1. The molecular formula is C26H32ClFN10O. The van der Waals surface area contributed by atoms with E-state index in [0.717, 1.165) is 25.2 Å². The fraction of sp³-hybridized carbons (Fsp3) is 0.423. The van der Waals surface area contributed by atoms with Gasteiger partial charge >= 0.3 is 0 Å². The zero-order valence-electron chi connectivity index (χ0n) is 22.4. The van der Waals surface area contributed by atoms with Gasteiger partial charge in [0.25, 0.3) is 0 Å². The van der Waals surface area contributed by atoms with Gasteiger partial charge in [-0.3, -0.25) is 14.6 Å². The van der Waals surface area contributed by atoms with E-state index in [1.54, 1.807) is 23.2 Å². The summed E-state index contributed by atoms with van der Waals surface area (Å²) in [5, 5.41) is 8.56. The molecule has 1 atom stereocenters. The van der Waals surface area contributed by atoms with E-state index >= 15 is 0 Å². The number of likely N-dealkylation sites (tertiary alicyclic amines) is 1. The van der Waals surface area contributed by atoms with Crippen LogP contribution >= 0.6 is 11.6 Å². The lowest BCUT2D eigenvalue weighted by atomic mass is 9.91. The highest BCUT2D eigenvalue weighted by Gasteiger charge is 2.30. The molecule has 1 aliphatic rings. The molecule has 4 aromatic heterocycles. The number of imidazole rings is 1. The number of hydrogen-bond donors (Lipinski definition) is 2. The molecule has 4 aromatic rings. The second-order valence-corrected chi connectivity index (χ2v) is 10.9. The standard InChI is InChI=1S/C26H32ClFN10O/c1-26(2,3)20-11-21(35-38(20)16-5-9-37(15-16)10-6-28)33-25-34-24-23(36(25)4)22(27)19(14-32-24)39-18(12-29)17-13-30-7-8-31-17/h7-8,11-14,16H,5-6,9-10,15,29H2,1-4H3,(H,32,33,34,35)/t16-/m0/s1. The van der Waals surface area contributed by atoms with Crippen LogP contribution in [0.1, 0.15) is 44.6 Å². The van der Waals surface area contributed by atoms with Gasteiger partial charge in [0.15, 0.2) is 23.0 Å². The molecular weight excluding hydrogens is 523 g/mol. The molecule has 5 heterocycles. The van der Waals surface area contributed by atoms with Crippen LogP contribution < -0.4 is 15.8 Å². The minimum absolute atomic E-state index is 0.138. The Hall–Kier alpha value is -3.77. The molecule has 39 heavy (non-hydrogen) atoms. The quantitative estimate of drug-likeness (QED) is 0.308. The van der Waals surface area contributed by atoms with Crippen LogP contribution in [0.2, 0.25) is 5.02 Å². The van der Waals surface area contributed by atoms with Crippen molar-refractivity contribution < 1.29 is 9.13 Å². The van der Waals surface area contributed by atoms with E-state index in [0.29, 0.717) is 51.7 Å². The Bertz CT molecular complexity index is 1490. The highest BCUT2D eigenvalue weighted by Crippen LogP contribution is 2.36. The highest BCUT2D eigenvalue weighted by atomic mass is 35.5. The topological polar surface area (TPSA) is 125 Å². The third kappa shape index (κ3) is 5.39. The minimum Gasteiger partial charge on any atom is -0.450 e. The van der Waals surface area contributed by atoms with Crippen molar-refractivity contribution in [2.24, 2.45) is 12.8 Å². The molecule has 206 valence electrons. The molecule has 1 saturated heterocycles. The first kappa shape index (κ1) is 26.8. The number of nitrogens with two attached hydrogens (primary N) is 1. The summed E-state index contributed by atoms with van der Waals surface area (Å²) >= 11 is 6.76. The monoisotopic (exact) mass is 554 g/mol. The third-order valence-corrected chi connectivity index (χ3v) is 7.10. The number of halogens is 2. The van der Waals surface area contributed by atoms with E-state index in [2.05, 4.69) is 55.6 Å². The third-order valence-electron chi connectivity index (χ3n) is 6.73. The molecule has 5 rings (SSSR count). The van der Waals surface area contributed by atoms with Gasteiger partial charge in [0.05, 0.1) is 18.4 Å². The summed E-state index contributed by atoms with van der Waals surface area (Å²) in [7, 11) is 1.84. The van der Waals surface area contributed by atoms with Gasteiger partial charge in [0, 0.05) is 62.5 Å². The molecule has 0 unspecified atom stereocenters. The van der Waals surface area contributed by atoms with Crippen molar-refractivity contribution in [2.75, 3.05) is 31.6 Å². The van der Waals surface area contributed by atoms with Gasteiger partial charge in [-0.2, -0.15) is 10.1 Å². The molecule has 0 amide bonds.